The summed E-state index contributed by atoms with van der Waals surface area (Å²) < 4.78 is 2.16. The highest BCUT2D eigenvalue weighted by Gasteiger charge is 2.04. The summed E-state index contributed by atoms with van der Waals surface area (Å²) in [5, 5.41) is 0. The predicted octanol–water partition coefficient (Wildman–Crippen LogP) is 3.94. The second-order valence-electron chi connectivity index (χ2n) is 4.14. The maximum absolute atomic E-state index is 4.11. The van der Waals surface area contributed by atoms with Gasteiger partial charge >= 0.3 is 0 Å². The lowest BCUT2D eigenvalue weighted by molar-refractivity contribution is 0.550. The van der Waals surface area contributed by atoms with E-state index in [9.17, 15) is 0 Å². The molecule has 2 aromatic rings. The Morgan fingerprint density at radius 2 is 2.12 bits per heavy atom. The van der Waals surface area contributed by atoms with E-state index < -0.39 is 0 Å². The van der Waals surface area contributed by atoms with Gasteiger partial charge in [0.15, 0.2) is 0 Å². The molecule has 0 N–H and O–H groups in total. The fourth-order valence-corrected chi connectivity index (χ4v) is 1.89. The first-order valence-electron chi connectivity index (χ1n) is 6.11. The molecular formula is C15H18N2. The van der Waals surface area contributed by atoms with Crippen molar-refractivity contribution in [3.05, 3.63) is 60.7 Å². The van der Waals surface area contributed by atoms with E-state index in [1.807, 2.05) is 24.8 Å². The molecule has 2 rings (SSSR count). The topological polar surface area (TPSA) is 17.8 Å². The number of benzene rings is 1. The van der Waals surface area contributed by atoms with Crippen LogP contribution in [0.25, 0.3) is 6.08 Å². The maximum Gasteiger partial charge on any atom is 0.0951 e. The lowest BCUT2D eigenvalue weighted by atomic mass is 10.1. The molecule has 0 fully saturated rings. The Hall–Kier alpha value is -1.83. The second kappa shape index (κ2) is 6.04. The molecule has 0 aliphatic carbocycles. The molecule has 0 saturated heterocycles. The first kappa shape index (κ1) is 11.6. The van der Waals surface area contributed by atoms with Gasteiger partial charge in [0.05, 0.1) is 12.4 Å². The van der Waals surface area contributed by atoms with Crippen LogP contribution in [-0.2, 0) is 0 Å². The quantitative estimate of drug-likeness (QED) is 0.755. The van der Waals surface area contributed by atoms with Gasteiger partial charge in [0.2, 0.25) is 0 Å². The van der Waals surface area contributed by atoms with Gasteiger partial charge in [0.25, 0.3) is 0 Å². The van der Waals surface area contributed by atoms with Crippen LogP contribution in [0.2, 0.25) is 0 Å². The number of hydrogen-bond acceptors (Lipinski definition) is 1. The van der Waals surface area contributed by atoms with Gasteiger partial charge in [-0.05, 0) is 12.0 Å². The largest absolute Gasteiger partial charge is 0.331 e. The average Bonchev–Trinajstić information content (AvgIpc) is 2.89. The van der Waals surface area contributed by atoms with Crippen molar-refractivity contribution in [3.63, 3.8) is 0 Å². The van der Waals surface area contributed by atoms with Crippen LogP contribution < -0.4 is 0 Å². The van der Waals surface area contributed by atoms with Crippen molar-refractivity contribution in [2.75, 3.05) is 0 Å². The van der Waals surface area contributed by atoms with E-state index in [0.29, 0.717) is 6.04 Å². The first-order valence-corrected chi connectivity index (χ1v) is 6.11. The highest BCUT2D eigenvalue weighted by molar-refractivity contribution is 5.49. The van der Waals surface area contributed by atoms with Crippen molar-refractivity contribution in [2.45, 2.75) is 25.8 Å². The predicted molar refractivity (Wildman–Crippen MR) is 71.6 cm³/mol. The summed E-state index contributed by atoms with van der Waals surface area (Å²) in [5.41, 5.74) is 1.24. The summed E-state index contributed by atoms with van der Waals surface area (Å²) in [7, 11) is 0. The van der Waals surface area contributed by atoms with Crippen molar-refractivity contribution in [2.24, 2.45) is 0 Å². The smallest absolute Gasteiger partial charge is 0.0951 e. The molecule has 0 bridgehead atoms. The van der Waals surface area contributed by atoms with Gasteiger partial charge < -0.3 is 4.57 Å². The van der Waals surface area contributed by atoms with Gasteiger partial charge in [-0.2, -0.15) is 0 Å². The highest BCUT2D eigenvalue weighted by Crippen LogP contribution is 2.16. The third-order valence-electron chi connectivity index (χ3n) is 2.80. The molecule has 1 aromatic heterocycles. The zero-order chi connectivity index (χ0) is 11.9. The molecule has 1 atom stereocenters. The molecule has 0 aliphatic rings. The van der Waals surface area contributed by atoms with Crippen LogP contribution in [0, 0.1) is 0 Å². The van der Waals surface area contributed by atoms with Gasteiger partial charge in [0, 0.05) is 12.4 Å². The van der Waals surface area contributed by atoms with E-state index in [1.165, 1.54) is 12.0 Å². The average molecular weight is 226 g/mol. The zero-order valence-electron chi connectivity index (χ0n) is 10.2. The van der Waals surface area contributed by atoms with E-state index in [2.05, 4.69) is 52.9 Å². The molecule has 0 radical (unpaired) electrons. The number of rotatable bonds is 5. The standard InChI is InChI=1S/C15H18N2/c1-2-6-15(17-12-11-16-13-17)10-9-14-7-4-3-5-8-14/h3-5,7-13,15H,2,6H2,1H3. The van der Waals surface area contributed by atoms with Gasteiger partial charge in [-0.25, -0.2) is 4.98 Å². The molecule has 88 valence electrons. The van der Waals surface area contributed by atoms with Crippen LogP contribution in [0.15, 0.2) is 55.1 Å². The minimum absolute atomic E-state index is 0.405. The van der Waals surface area contributed by atoms with Gasteiger partial charge in [-0.3, -0.25) is 0 Å². The molecule has 0 amide bonds. The Kier molecular flexibility index (Phi) is 4.14. The summed E-state index contributed by atoms with van der Waals surface area (Å²) in [5.74, 6) is 0. The summed E-state index contributed by atoms with van der Waals surface area (Å²) in [6.45, 7) is 2.21. The molecule has 1 unspecified atom stereocenters. The number of allylic oxidation sites excluding steroid dienone is 1. The van der Waals surface area contributed by atoms with E-state index in [1.54, 1.807) is 0 Å². The molecular weight excluding hydrogens is 208 g/mol. The van der Waals surface area contributed by atoms with Crippen molar-refractivity contribution in [3.8, 4) is 0 Å². The minimum atomic E-state index is 0.405. The fraction of sp³-hybridized carbons (Fsp3) is 0.267. The first-order chi connectivity index (χ1) is 8.40. The van der Waals surface area contributed by atoms with E-state index >= 15 is 0 Å². The van der Waals surface area contributed by atoms with Crippen LogP contribution in [-0.4, -0.2) is 9.55 Å². The molecule has 2 heteroatoms. The molecule has 0 spiro atoms. The third kappa shape index (κ3) is 3.31. The number of nitrogens with zero attached hydrogens (tertiary/aromatic N) is 2. The van der Waals surface area contributed by atoms with Crippen LogP contribution in [0.3, 0.4) is 0 Å². The summed E-state index contributed by atoms with van der Waals surface area (Å²) in [6.07, 6.45) is 12.5. The monoisotopic (exact) mass is 226 g/mol. The summed E-state index contributed by atoms with van der Waals surface area (Å²) in [6, 6.07) is 10.8. The van der Waals surface area contributed by atoms with Gasteiger partial charge in [0.1, 0.15) is 0 Å². The van der Waals surface area contributed by atoms with Gasteiger partial charge in [-0.15, -0.1) is 0 Å². The fourth-order valence-electron chi connectivity index (χ4n) is 1.89. The molecule has 1 aromatic carbocycles. The highest BCUT2D eigenvalue weighted by atomic mass is 15.0. The van der Waals surface area contributed by atoms with Crippen molar-refractivity contribution < 1.29 is 0 Å². The molecule has 0 aliphatic heterocycles. The SMILES string of the molecule is CCCC(C=Cc1ccccc1)n1ccnc1. The van der Waals surface area contributed by atoms with Crippen LogP contribution in [0.4, 0.5) is 0 Å². The van der Waals surface area contributed by atoms with Crippen LogP contribution >= 0.6 is 0 Å². The lowest BCUT2D eigenvalue weighted by Gasteiger charge is -2.12. The van der Waals surface area contributed by atoms with E-state index in [4.69, 9.17) is 0 Å². The van der Waals surface area contributed by atoms with Crippen LogP contribution in [0.5, 0.6) is 0 Å². The van der Waals surface area contributed by atoms with Gasteiger partial charge in [-0.1, -0.05) is 55.8 Å². The van der Waals surface area contributed by atoms with Crippen molar-refractivity contribution in [1.29, 1.82) is 0 Å². The number of imidazole rings is 1. The summed E-state index contributed by atoms with van der Waals surface area (Å²) >= 11 is 0. The Morgan fingerprint density at radius 3 is 2.76 bits per heavy atom. The molecule has 1 heterocycles. The Labute approximate surface area is 103 Å². The Morgan fingerprint density at radius 1 is 1.29 bits per heavy atom. The lowest BCUT2D eigenvalue weighted by Crippen LogP contribution is -2.03. The van der Waals surface area contributed by atoms with E-state index in [-0.39, 0.29) is 0 Å². The molecule has 0 saturated carbocycles. The number of aromatic nitrogens is 2. The zero-order valence-corrected chi connectivity index (χ0v) is 10.2. The Balaban J connectivity index is 2.11. The number of hydrogen-bond donors (Lipinski definition) is 0. The third-order valence-corrected chi connectivity index (χ3v) is 2.80. The van der Waals surface area contributed by atoms with Crippen LogP contribution in [0.1, 0.15) is 31.4 Å². The van der Waals surface area contributed by atoms with Crippen molar-refractivity contribution in [1.82, 2.24) is 9.55 Å². The summed E-state index contributed by atoms with van der Waals surface area (Å²) in [4.78, 5) is 4.11. The van der Waals surface area contributed by atoms with Crippen molar-refractivity contribution >= 4 is 6.08 Å². The second-order valence-corrected chi connectivity index (χ2v) is 4.14. The molecule has 2 nitrogen and oxygen atoms in total. The molecule has 17 heavy (non-hydrogen) atoms. The van der Waals surface area contributed by atoms with E-state index in [0.717, 1.165) is 6.42 Å². The minimum Gasteiger partial charge on any atom is -0.331 e. The maximum atomic E-state index is 4.11. The normalized spacial score (nSPS) is 13.0. The Bertz CT molecular complexity index is 443.